The van der Waals surface area contributed by atoms with Gasteiger partial charge in [0, 0.05) is 5.69 Å². The lowest BCUT2D eigenvalue weighted by molar-refractivity contribution is -0.143. The van der Waals surface area contributed by atoms with E-state index in [1.807, 2.05) is 0 Å². The molecule has 3 rings (SSSR count). The molecule has 30 heavy (non-hydrogen) atoms. The van der Waals surface area contributed by atoms with Gasteiger partial charge < -0.3 is 10.5 Å². The number of nitriles is 1. The first-order valence-electron chi connectivity index (χ1n) is 8.67. The maximum absolute atomic E-state index is 12.8. The van der Waals surface area contributed by atoms with Crippen LogP contribution in [0.25, 0.3) is 11.0 Å². The molecule has 1 aromatic heterocycles. The van der Waals surface area contributed by atoms with Crippen LogP contribution in [0.2, 0.25) is 5.02 Å². The summed E-state index contributed by atoms with van der Waals surface area (Å²) in [6.07, 6.45) is 0. The molecule has 0 bridgehead atoms. The average Bonchev–Trinajstić information content (AvgIpc) is 2.69. The zero-order chi connectivity index (χ0) is 21.9. The fourth-order valence-corrected chi connectivity index (χ4v) is 3.85. The van der Waals surface area contributed by atoms with Gasteiger partial charge in [0.25, 0.3) is 10.0 Å². The Kier molecular flexibility index (Phi) is 6.05. The third kappa shape index (κ3) is 4.27. The molecule has 0 fully saturated rings. The number of hydrogen-bond donors (Lipinski definition) is 2. The second kappa shape index (κ2) is 8.52. The predicted octanol–water partition coefficient (Wildman–Crippen LogP) is 2.84. The monoisotopic (exact) mass is 445 g/mol. The van der Waals surface area contributed by atoms with Gasteiger partial charge >= 0.3 is 5.97 Å². The molecule has 154 valence electrons. The first-order valence-corrected chi connectivity index (χ1v) is 10.5. The van der Waals surface area contributed by atoms with Crippen LogP contribution in [0.4, 0.5) is 11.5 Å². The lowest BCUT2D eigenvalue weighted by Gasteiger charge is -2.15. The highest BCUT2D eigenvalue weighted by Gasteiger charge is 2.30. The number of carbonyl (C=O) groups is 1. The van der Waals surface area contributed by atoms with Crippen LogP contribution in [-0.4, -0.2) is 31.0 Å². The van der Waals surface area contributed by atoms with Crippen LogP contribution in [-0.2, 0) is 19.6 Å². The van der Waals surface area contributed by atoms with Crippen LogP contribution < -0.4 is 10.5 Å². The Labute approximate surface area is 177 Å². The SMILES string of the molecule is CCOC(=O)C(C#N)c1nc2c(Cl)cccc2nc1NS(=O)(=O)c1ccc(N)cc1. The Morgan fingerprint density at radius 1 is 1.27 bits per heavy atom. The van der Waals surface area contributed by atoms with Gasteiger partial charge in [-0.05, 0) is 43.3 Å². The van der Waals surface area contributed by atoms with E-state index in [1.165, 1.54) is 24.3 Å². The molecule has 9 nitrogen and oxygen atoms in total. The molecule has 0 spiro atoms. The van der Waals surface area contributed by atoms with E-state index in [9.17, 15) is 18.5 Å². The number of nitrogens with one attached hydrogen (secondary N) is 1. The highest BCUT2D eigenvalue weighted by molar-refractivity contribution is 7.92. The molecule has 0 aliphatic rings. The first-order chi connectivity index (χ1) is 14.3. The predicted molar refractivity (Wildman–Crippen MR) is 111 cm³/mol. The Hall–Kier alpha value is -3.42. The number of sulfonamides is 1. The van der Waals surface area contributed by atoms with E-state index >= 15 is 0 Å². The van der Waals surface area contributed by atoms with Crippen LogP contribution >= 0.6 is 11.6 Å². The van der Waals surface area contributed by atoms with Crippen LogP contribution in [0.15, 0.2) is 47.4 Å². The Balaban J connectivity index is 2.17. The minimum Gasteiger partial charge on any atom is -0.465 e. The van der Waals surface area contributed by atoms with Crippen molar-refractivity contribution in [2.75, 3.05) is 17.1 Å². The van der Waals surface area contributed by atoms with Gasteiger partial charge in [0.2, 0.25) is 0 Å². The number of fused-ring (bicyclic) bond motifs is 1. The van der Waals surface area contributed by atoms with E-state index in [2.05, 4.69) is 14.7 Å². The molecular formula is C19H16ClN5O4S. The van der Waals surface area contributed by atoms with Gasteiger partial charge in [-0.15, -0.1) is 0 Å². The van der Waals surface area contributed by atoms with Gasteiger partial charge in [-0.2, -0.15) is 5.26 Å². The summed E-state index contributed by atoms with van der Waals surface area (Å²) >= 11 is 6.16. The Morgan fingerprint density at radius 2 is 1.97 bits per heavy atom. The Bertz CT molecular complexity index is 1260. The van der Waals surface area contributed by atoms with E-state index in [1.54, 1.807) is 31.2 Å². The fourth-order valence-electron chi connectivity index (χ4n) is 2.62. The number of halogens is 1. The quantitative estimate of drug-likeness (QED) is 0.434. The van der Waals surface area contributed by atoms with Crippen LogP contribution in [0.5, 0.6) is 0 Å². The van der Waals surface area contributed by atoms with Crippen molar-refractivity contribution in [3.63, 3.8) is 0 Å². The van der Waals surface area contributed by atoms with Crippen molar-refractivity contribution in [1.29, 1.82) is 5.26 Å². The van der Waals surface area contributed by atoms with Gasteiger partial charge in [0.05, 0.1) is 28.1 Å². The van der Waals surface area contributed by atoms with Gasteiger partial charge in [-0.25, -0.2) is 18.4 Å². The largest absolute Gasteiger partial charge is 0.465 e. The highest BCUT2D eigenvalue weighted by Crippen LogP contribution is 2.29. The number of nitrogen functional groups attached to an aromatic ring is 1. The average molecular weight is 446 g/mol. The number of nitrogens with two attached hydrogens (primary N) is 1. The summed E-state index contributed by atoms with van der Waals surface area (Å²) in [6, 6.07) is 12.0. The number of benzene rings is 2. The van der Waals surface area contributed by atoms with Crippen molar-refractivity contribution in [2.24, 2.45) is 0 Å². The molecule has 0 amide bonds. The number of anilines is 2. The highest BCUT2D eigenvalue weighted by atomic mass is 35.5. The van der Waals surface area contributed by atoms with Crippen molar-refractivity contribution < 1.29 is 17.9 Å². The summed E-state index contributed by atoms with van der Waals surface area (Å²) in [4.78, 5) is 20.7. The number of esters is 1. The van der Waals surface area contributed by atoms with E-state index in [0.717, 1.165) is 0 Å². The fraction of sp³-hybridized carbons (Fsp3) is 0.158. The molecule has 1 unspecified atom stereocenters. The number of carbonyl (C=O) groups excluding carboxylic acids is 1. The second-order valence-electron chi connectivity index (χ2n) is 6.05. The van der Waals surface area contributed by atoms with Crippen LogP contribution in [0, 0.1) is 11.3 Å². The number of aromatic nitrogens is 2. The molecule has 0 saturated heterocycles. The van der Waals surface area contributed by atoms with Crippen LogP contribution in [0.1, 0.15) is 18.5 Å². The first kappa shape index (κ1) is 21.3. The van der Waals surface area contributed by atoms with E-state index in [0.29, 0.717) is 5.69 Å². The van der Waals surface area contributed by atoms with Crippen molar-refractivity contribution >= 4 is 50.1 Å². The van der Waals surface area contributed by atoms with Gasteiger partial charge in [0.1, 0.15) is 11.2 Å². The molecule has 0 radical (unpaired) electrons. The molecule has 1 heterocycles. The lowest BCUT2D eigenvalue weighted by atomic mass is 10.1. The molecule has 2 aromatic carbocycles. The molecular weight excluding hydrogens is 430 g/mol. The van der Waals surface area contributed by atoms with Crippen molar-refractivity contribution in [3.8, 4) is 6.07 Å². The number of nitrogens with zero attached hydrogens (tertiary/aromatic N) is 3. The molecule has 0 aliphatic heterocycles. The van der Waals surface area contributed by atoms with E-state index in [-0.39, 0.29) is 39.1 Å². The third-order valence-electron chi connectivity index (χ3n) is 4.02. The summed E-state index contributed by atoms with van der Waals surface area (Å²) in [5.74, 6) is -2.67. The molecule has 3 N–H and O–H groups in total. The number of para-hydroxylation sites is 1. The van der Waals surface area contributed by atoms with Gasteiger partial charge in [-0.3, -0.25) is 9.52 Å². The minimum atomic E-state index is -4.11. The van der Waals surface area contributed by atoms with Crippen molar-refractivity contribution in [2.45, 2.75) is 17.7 Å². The topological polar surface area (TPSA) is 148 Å². The van der Waals surface area contributed by atoms with Crippen LogP contribution in [0.3, 0.4) is 0 Å². The van der Waals surface area contributed by atoms with Crippen molar-refractivity contribution in [1.82, 2.24) is 9.97 Å². The molecule has 3 aromatic rings. The summed E-state index contributed by atoms with van der Waals surface area (Å²) in [7, 11) is -4.11. The van der Waals surface area contributed by atoms with Gasteiger partial charge in [-0.1, -0.05) is 17.7 Å². The zero-order valence-electron chi connectivity index (χ0n) is 15.7. The maximum Gasteiger partial charge on any atom is 0.329 e. The summed E-state index contributed by atoms with van der Waals surface area (Å²) in [6.45, 7) is 1.62. The number of ether oxygens (including phenoxy) is 1. The summed E-state index contributed by atoms with van der Waals surface area (Å²) < 4.78 is 32.9. The van der Waals surface area contributed by atoms with E-state index in [4.69, 9.17) is 22.1 Å². The van der Waals surface area contributed by atoms with Crippen molar-refractivity contribution in [3.05, 3.63) is 53.2 Å². The van der Waals surface area contributed by atoms with Gasteiger partial charge in [0.15, 0.2) is 11.7 Å². The smallest absolute Gasteiger partial charge is 0.329 e. The zero-order valence-corrected chi connectivity index (χ0v) is 17.2. The minimum absolute atomic E-state index is 0.0330. The molecule has 1 atom stereocenters. The normalized spacial score (nSPS) is 12.2. The number of hydrogen-bond acceptors (Lipinski definition) is 8. The molecule has 0 saturated carbocycles. The maximum atomic E-state index is 12.8. The second-order valence-corrected chi connectivity index (χ2v) is 8.14. The third-order valence-corrected chi connectivity index (χ3v) is 5.68. The standard InChI is InChI=1S/C19H16ClN5O4S/c1-2-29-19(26)13(10-21)16-18(23-15-5-3-4-14(20)17(15)24-16)25-30(27,28)12-8-6-11(22)7-9-12/h3-9,13H,2,22H2,1H3,(H,23,25). The molecule has 0 aliphatic carbocycles. The summed E-state index contributed by atoms with van der Waals surface area (Å²) in [5, 5.41) is 9.78. The summed E-state index contributed by atoms with van der Waals surface area (Å²) in [5.41, 5.74) is 6.28. The number of rotatable bonds is 6. The molecule has 11 heteroatoms. The Morgan fingerprint density at radius 3 is 2.60 bits per heavy atom. The van der Waals surface area contributed by atoms with E-state index < -0.39 is 21.9 Å². The lowest BCUT2D eigenvalue weighted by Crippen LogP contribution is -2.21.